The molecule has 0 spiro atoms. The minimum absolute atomic E-state index is 0.110. The lowest BCUT2D eigenvalue weighted by Gasteiger charge is -2.12. The van der Waals surface area contributed by atoms with Crippen molar-refractivity contribution < 1.29 is 8.42 Å². The summed E-state index contributed by atoms with van der Waals surface area (Å²) in [5, 5.41) is 3.15. The maximum absolute atomic E-state index is 13.7. The van der Waals surface area contributed by atoms with Crippen LogP contribution in [0.4, 0.5) is 17.2 Å². The van der Waals surface area contributed by atoms with Gasteiger partial charge in [0.15, 0.2) is 10.8 Å². The van der Waals surface area contributed by atoms with Crippen molar-refractivity contribution in [2.24, 2.45) is 4.99 Å². The van der Waals surface area contributed by atoms with Crippen LogP contribution in [0.2, 0.25) is 0 Å². The third kappa shape index (κ3) is 3.70. The van der Waals surface area contributed by atoms with Gasteiger partial charge in [-0.3, -0.25) is 0 Å². The van der Waals surface area contributed by atoms with Crippen LogP contribution >= 0.6 is 0 Å². The minimum atomic E-state index is -3.93. The van der Waals surface area contributed by atoms with Gasteiger partial charge in [-0.1, -0.05) is 59.7 Å². The highest BCUT2D eigenvalue weighted by molar-refractivity contribution is 7.91. The first-order valence-electron chi connectivity index (χ1n) is 10.5. The van der Waals surface area contributed by atoms with Crippen molar-refractivity contribution >= 4 is 32.7 Å². The molecule has 164 valence electrons. The van der Waals surface area contributed by atoms with E-state index < -0.39 is 9.84 Å². The first-order valence-corrected chi connectivity index (χ1v) is 12.0. The molecule has 5 rings (SSSR count). The first kappa shape index (κ1) is 21.0. The predicted molar refractivity (Wildman–Crippen MR) is 130 cm³/mol. The van der Waals surface area contributed by atoms with Gasteiger partial charge in [0.1, 0.15) is 12.0 Å². The van der Waals surface area contributed by atoms with Gasteiger partial charge in [-0.25, -0.2) is 23.4 Å². The molecule has 7 heteroatoms. The van der Waals surface area contributed by atoms with Gasteiger partial charge in [0, 0.05) is 16.8 Å². The number of sulfone groups is 1. The van der Waals surface area contributed by atoms with Crippen LogP contribution in [0.1, 0.15) is 27.8 Å². The Morgan fingerprint density at radius 2 is 1.55 bits per heavy atom. The standard InChI is InChI=1S/C26H22N4O2S/c1-16-8-11-19(12-9-16)23-20-14-17(2)10-13-22(20)33(31,32)26-24(30-23)25(27-15-28-26)29-21-7-5-4-6-18(21)3/h4-15H,1-3H3,(H,27,28,29). The molecule has 33 heavy (non-hydrogen) atoms. The van der Waals surface area contributed by atoms with Crippen LogP contribution < -0.4 is 5.32 Å². The van der Waals surface area contributed by atoms with Crippen molar-refractivity contribution in [3.05, 3.63) is 101 Å². The molecule has 0 radical (unpaired) electrons. The van der Waals surface area contributed by atoms with Crippen LogP contribution in [-0.4, -0.2) is 24.1 Å². The Labute approximate surface area is 193 Å². The zero-order valence-corrected chi connectivity index (χ0v) is 19.3. The first-order chi connectivity index (χ1) is 15.8. The smallest absolute Gasteiger partial charge is 0.226 e. The van der Waals surface area contributed by atoms with Gasteiger partial charge >= 0.3 is 0 Å². The van der Waals surface area contributed by atoms with Crippen molar-refractivity contribution in [1.82, 2.24) is 9.97 Å². The summed E-state index contributed by atoms with van der Waals surface area (Å²) in [5.41, 5.74) is 6.02. The molecule has 0 fully saturated rings. The summed E-state index contributed by atoms with van der Waals surface area (Å²) < 4.78 is 27.5. The molecule has 0 aliphatic carbocycles. The van der Waals surface area contributed by atoms with Crippen LogP contribution in [0.5, 0.6) is 0 Å². The summed E-state index contributed by atoms with van der Waals surface area (Å²) >= 11 is 0. The zero-order valence-electron chi connectivity index (χ0n) is 18.5. The molecule has 4 aromatic rings. The van der Waals surface area contributed by atoms with Gasteiger partial charge in [-0.05, 0) is 44.5 Å². The molecule has 0 bridgehead atoms. The molecule has 1 N–H and O–H groups in total. The van der Waals surface area contributed by atoms with E-state index in [0.29, 0.717) is 17.1 Å². The van der Waals surface area contributed by atoms with E-state index >= 15 is 0 Å². The molecule has 0 amide bonds. The van der Waals surface area contributed by atoms with E-state index in [-0.39, 0.29) is 15.6 Å². The number of hydrogen-bond donors (Lipinski definition) is 1. The second kappa shape index (κ2) is 7.94. The Morgan fingerprint density at radius 3 is 2.30 bits per heavy atom. The SMILES string of the molecule is Cc1ccc(C2=Nc3c(Nc4ccccc4C)ncnc3S(=O)(=O)c3ccc(C)cc32)cc1. The maximum atomic E-state index is 13.7. The van der Waals surface area contributed by atoms with Crippen molar-refractivity contribution in [3.8, 4) is 0 Å². The fraction of sp³-hybridized carbons (Fsp3) is 0.115. The summed E-state index contributed by atoms with van der Waals surface area (Å²) in [6.45, 7) is 5.91. The quantitative estimate of drug-likeness (QED) is 0.366. The van der Waals surface area contributed by atoms with Gasteiger partial charge in [-0.15, -0.1) is 0 Å². The molecule has 6 nitrogen and oxygen atoms in total. The van der Waals surface area contributed by atoms with Gasteiger partial charge in [0.2, 0.25) is 9.84 Å². The molecule has 2 heterocycles. The number of aliphatic imine (C=N–C) groups is 1. The van der Waals surface area contributed by atoms with Crippen LogP contribution in [0.25, 0.3) is 0 Å². The Balaban J connectivity index is 1.82. The number of fused-ring (bicyclic) bond motifs is 2. The van der Waals surface area contributed by atoms with Crippen LogP contribution in [0, 0.1) is 20.8 Å². The normalized spacial score (nSPS) is 14.0. The number of aromatic nitrogens is 2. The predicted octanol–water partition coefficient (Wildman–Crippen LogP) is 5.46. The highest BCUT2D eigenvalue weighted by Gasteiger charge is 2.33. The van der Waals surface area contributed by atoms with E-state index in [1.54, 1.807) is 12.1 Å². The van der Waals surface area contributed by atoms with Gasteiger partial charge < -0.3 is 5.32 Å². The van der Waals surface area contributed by atoms with Gasteiger partial charge in [0.25, 0.3) is 0 Å². The van der Waals surface area contributed by atoms with Crippen molar-refractivity contribution in [3.63, 3.8) is 0 Å². The molecule has 1 aromatic heterocycles. The van der Waals surface area contributed by atoms with Crippen molar-refractivity contribution in [2.45, 2.75) is 30.7 Å². The maximum Gasteiger partial charge on any atom is 0.226 e. The highest BCUT2D eigenvalue weighted by Crippen LogP contribution is 2.40. The van der Waals surface area contributed by atoms with E-state index in [1.165, 1.54) is 6.33 Å². The Morgan fingerprint density at radius 1 is 0.818 bits per heavy atom. The molecular formula is C26H22N4O2S. The molecule has 0 saturated carbocycles. The molecule has 3 aromatic carbocycles. The molecular weight excluding hydrogens is 432 g/mol. The fourth-order valence-corrected chi connectivity index (χ4v) is 5.35. The van der Waals surface area contributed by atoms with E-state index in [1.807, 2.05) is 75.4 Å². The van der Waals surface area contributed by atoms with E-state index in [0.717, 1.165) is 27.9 Å². The third-order valence-electron chi connectivity index (χ3n) is 5.67. The molecule has 1 aliphatic rings. The summed E-state index contributed by atoms with van der Waals surface area (Å²) in [5.74, 6) is 0.340. The highest BCUT2D eigenvalue weighted by atomic mass is 32.2. The Bertz CT molecular complexity index is 1520. The second-order valence-electron chi connectivity index (χ2n) is 8.15. The number of aryl methyl sites for hydroxylation is 3. The summed E-state index contributed by atoms with van der Waals surface area (Å²) in [6, 6.07) is 20.9. The Kier molecular flexibility index (Phi) is 5.06. The lowest BCUT2D eigenvalue weighted by molar-refractivity contribution is 0.592. The van der Waals surface area contributed by atoms with Crippen LogP contribution in [0.15, 0.2) is 88.0 Å². The number of anilines is 2. The largest absolute Gasteiger partial charge is 0.338 e. The monoisotopic (exact) mass is 454 g/mol. The van der Waals surface area contributed by atoms with Crippen LogP contribution in [0.3, 0.4) is 0 Å². The minimum Gasteiger partial charge on any atom is -0.338 e. The second-order valence-corrected chi connectivity index (χ2v) is 9.98. The summed E-state index contributed by atoms with van der Waals surface area (Å²) in [7, 11) is -3.93. The number of nitrogens with zero attached hydrogens (tertiary/aromatic N) is 3. The van der Waals surface area contributed by atoms with Gasteiger partial charge in [0.05, 0.1) is 10.6 Å². The third-order valence-corrected chi connectivity index (χ3v) is 7.41. The average Bonchev–Trinajstić information content (AvgIpc) is 2.89. The number of benzene rings is 3. The molecule has 1 aliphatic heterocycles. The lowest BCUT2D eigenvalue weighted by atomic mass is 9.99. The summed E-state index contributed by atoms with van der Waals surface area (Å²) in [4.78, 5) is 13.6. The lowest BCUT2D eigenvalue weighted by Crippen LogP contribution is -2.10. The van der Waals surface area contributed by atoms with Crippen molar-refractivity contribution in [1.29, 1.82) is 0 Å². The van der Waals surface area contributed by atoms with Gasteiger partial charge in [-0.2, -0.15) is 0 Å². The number of para-hydroxylation sites is 1. The number of hydrogen-bond acceptors (Lipinski definition) is 6. The average molecular weight is 455 g/mol. The molecule has 0 atom stereocenters. The van der Waals surface area contributed by atoms with Crippen molar-refractivity contribution in [2.75, 3.05) is 5.32 Å². The van der Waals surface area contributed by atoms with E-state index in [9.17, 15) is 8.42 Å². The van der Waals surface area contributed by atoms with Crippen LogP contribution in [-0.2, 0) is 9.84 Å². The summed E-state index contributed by atoms with van der Waals surface area (Å²) in [6.07, 6.45) is 1.26. The topological polar surface area (TPSA) is 84.3 Å². The van der Waals surface area contributed by atoms with E-state index in [4.69, 9.17) is 4.99 Å². The molecule has 0 unspecified atom stereocenters. The number of rotatable bonds is 3. The zero-order chi connectivity index (χ0) is 23.2. The molecule has 0 saturated heterocycles. The Hall–Kier alpha value is -3.84. The fourth-order valence-electron chi connectivity index (χ4n) is 3.86. The van der Waals surface area contributed by atoms with E-state index in [2.05, 4.69) is 15.3 Å². The number of nitrogens with one attached hydrogen (secondary N) is 1.